The van der Waals surface area contributed by atoms with Crippen molar-refractivity contribution in [2.24, 2.45) is 10.7 Å². The van der Waals surface area contributed by atoms with Crippen LogP contribution in [0, 0.1) is 0 Å². The lowest BCUT2D eigenvalue weighted by molar-refractivity contribution is 0.0179. The van der Waals surface area contributed by atoms with E-state index in [1.165, 1.54) is 0 Å². The van der Waals surface area contributed by atoms with Gasteiger partial charge in [0.2, 0.25) is 0 Å². The summed E-state index contributed by atoms with van der Waals surface area (Å²) in [6.07, 6.45) is 1.85. The normalized spacial score (nSPS) is 20.1. The first-order valence-corrected chi connectivity index (χ1v) is 11.2. The number of aromatic nitrogens is 1. The second-order valence-electron chi connectivity index (χ2n) is 7.17. The molecule has 1 unspecified atom stereocenters. The Kier molecular flexibility index (Phi) is 6.86. The lowest BCUT2D eigenvalue weighted by Crippen LogP contribution is -2.51. The molecule has 3 heterocycles. The molecule has 0 saturated carbocycles. The quantitative estimate of drug-likeness (QED) is 0.575. The molecule has 2 fully saturated rings. The summed E-state index contributed by atoms with van der Waals surface area (Å²) in [5.74, 6) is 0.606. The van der Waals surface area contributed by atoms with Gasteiger partial charge in [-0.2, -0.15) is 0 Å². The minimum Gasteiger partial charge on any atom is -0.379 e. The zero-order valence-corrected chi connectivity index (χ0v) is 18.0. The van der Waals surface area contributed by atoms with Gasteiger partial charge in [-0.15, -0.1) is 11.3 Å². The van der Waals surface area contributed by atoms with Crippen LogP contribution in [0.5, 0.6) is 0 Å². The fourth-order valence-electron chi connectivity index (χ4n) is 3.82. The highest BCUT2D eigenvalue weighted by Crippen LogP contribution is 2.28. The van der Waals surface area contributed by atoms with Gasteiger partial charge in [0.1, 0.15) is 0 Å². The molecule has 7 nitrogen and oxygen atoms in total. The van der Waals surface area contributed by atoms with E-state index in [9.17, 15) is 0 Å². The van der Waals surface area contributed by atoms with E-state index in [-0.39, 0.29) is 6.04 Å². The number of hydrogen-bond acceptors (Lipinski definition) is 6. The Morgan fingerprint density at radius 3 is 2.62 bits per heavy atom. The van der Waals surface area contributed by atoms with E-state index in [0.29, 0.717) is 12.5 Å². The van der Waals surface area contributed by atoms with Crippen LogP contribution in [-0.2, 0) is 4.74 Å². The summed E-state index contributed by atoms with van der Waals surface area (Å²) in [7, 11) is 0. The van der Waals surface area contributed by atoms with Crippen LogP contribution in [0.1, 0.15) is 11.6 Å². The number of guanidine groups is 1. The van der Waals surface area contributed by atoms with Crippen LogP contribution < -0.4 is 10.6 Å². The number of hydrogen-bond donors (Lipinski definition) is 1. The zero-order valence-electron chi connectivity index (χ0n) is 16.4. The molecule has 0 radical (unpaired) electrons. The molecule has 1 aromatic carbocycles. The molecule has 29 heavy (non-hydrogen) atoms. The van der Waals surface area contributed by atoms with Crippen LogP contribution in [0.3, 0.4) is 0 Å². The van der Waals surface area contributed by atoms with Crippen molar-refractivity contribution in [3.63, 3.8) is 0 Å². The Bertz CT molecular complexity index is 803. The van der Waals surface area contributed by atoms with Crippen molar-refractivity contribution in [1.29, 1.82) is 0 Å². The van der Waals surface area contributed by atoms with Crippen molar-refractivity contribution < 1.29 is 4.74 Å². The molecule has 9 heteroatoms. The van der Waals surface area contributed by atoms with Crippen LogP contribution in [0.25, 0.3) is 0 Å². The standard InChI is InChI=1S/C20H27ClN6OS/c21-17-4-2-1-3-16(17)18(25-10-12-28-13-11-25)15-24-19(22)26-6-8-27(9-7-26)20-23-5-14-29-20/h1-5,14,18H,6-13,15H2,(H2,22,24). The van der Waals surface area contributed by atoms with Crippen LogP contribution in [0.15, 0.2) is 40.8 Å². The van der Waals surface area contributed by atoms with Gasteiger partial charge in [0.15, 0.2) is 11.1 Å². The van der Waals surface area contributed by atoms with E-state index >= 15 is 0 Å². The van der Waals surface area contributed by atoms with Crippen molar-refractivity contribution in [3.05, 3.63) is 46.4 Å². The summed E-state index contributed by atoms with van der Waals surface area (Å²) >= 11 is 8.18. The summed E-state index contributed by atoms with van der Waals surface area (Å²) in [5.41, 5.74) is 7.47. The van der Waals surface area contributed by atoms with Gasteiger partial charge < -0.3 is 20.3 Å². The van der Waals surface area contributed by atoms with Gasteiger partial charge in [0.25, 0.3) is 0 Å². The number of thiazole rings is 1. The zero-order chi connectivity index (χ0) is 20.1. The van der Waals surface area contributed by atoms with Crippen molar-refractivity contribution in [1.82, 2.24) is 14.8 Å². The highest BCUT2D eigenvalue weighted by atomic mass is 35.5. The minimum absolute atomic E-state index is 0.0998. The van der Waals surface area contributed by atoms with E-state index in [0.717, 1.165) is 68.2 Å². The second kappa shape index (κ2) is 9.75. The van der Waals surface area contributed by atoms with Gasteiger partial charge in [0, 0.05) is 55.9 Å². The molecule has 2 aliphatic rings. The fourth-order valence-corrected chi connectivity index (χ4v) is 4.78. The number of piperazine rings is 1. The summed E-state index contributed by atoms with van der Waals surface area (Å²) in [4.78, 5) is 16.0. The van der Waals surface area contributed by atoms with E-state index in [2.05, 4.69) is 25.8 Å². The predicted molar refractivity (Wildman–Crippen MR) is 119 cm³/mol. The predicted octanol–water partition coefficient (Wildman–Crippen LogP) is 2.31. The number of nitrogens with two attached hydrogens (primary N) is 1. The molecular formula is C20H27ClN6OS. The Balaban J connectivity index is 1.42. The first-order valence-electron chi connectivity index (χ1n) is 9.98. The molecule has 2 N–H and O–H groups in total. The molecule has 156 valence electrons. The molecule has 4 rings (SSSR count). The SMILES string of the molecule is NC(=NCC(c1ccccc1Cl)N1CCOCC1)N1CCN(c2nccs2)CC1. The number of halogens is 1. The maximum absolute atomic E-state index is 6.51. The smallest absolute Gasteiger partial charge is 0.191 e. The van der Waals surface area contributed by atoms with Crippen molar-refractivity contribution >= 4 is 34.0 Å². The van der Waals surface area contributed by atoms with Crippen molar-refractivity contribution in [2.45, 2.75) is 6.04 Å². The largest absolute Gasteiger partial charge is 0.379 e. The number of benzene rings is 1. The van der Waals surface area contributed by atoms with E-state index in [1.807, 2.05) is 29.8 Å². The van der Waals surface area contributed by atoms with Gasteiger partial charge in [-0.3, -0.25) is 9.89 Å². The molecule has 2 aliphatic heterocycles. The number of aliphatic imine (C=N–C) groups is 1. The number of nitrogens with zero attached hydrogens (tertiary/aromatic N) is 5. The van der Waals surface area contributed by atoms with Gasteiger partial charge in [-0.1, -0.05) is 29.8 Å². The number of anilines is 1. The van der Waals surface area contributed by atoms with Crippen molar-refractivity contribution in [2.75, 3.05) is 63.9 Å². The first kappa shape index (κ1) is 20.4. The lowest BCUT2D eigenvalue weighted by Gasteiger charge is -2.36. The van der Waals surface area contributed by atoms with Crippen molar-refractivity contribution in [3.8, 4) is 0 Å². The molecule has 1 atom stereocenters. The third-order valence-electron chi connectivity index (χ3n) is 5.47. The summed E-state index contributed by atoms with van der Waals surface area (Å²) in [5, 5.41) is 3.86. The third kappa shape index (κ3) is 5.01. The topological polar surface area (TPSA) is 70.2 Å². The summed E-state index contributed by atoms with van der Waals surface area (Å²) in [6, 6.07) is 8.11. The molecule has 1 aromatic heterocycles. The van der Waals surface area contributed by atoms with Gasteiger partial charge in [-0.25, -0.2) is 4.98 Å². The Labute approximate surface area is 180 Å². The monoisotopic (exact) mass is 434 g/mol. The molecule has 0 amide bonds. The summed E-state index contributed by atoms with van der Waals surface area (Å²) < 4.78 is 5.53. The maximum atomic E-state index is 6.51. The molecule has 0 spiro atoms. The molecule has 2 aromatic rings. The lowest BCUT2D eigenvalue weighted by atomic mass is 10.0. The fraction of sp³-hybridized carbons (Fsp3) is 0.500. The first-order chi connectivity index (χ1) is 14.2. The van der Waals surface area contributed by atoms with Crippen LogP contribution >= 0.6 is 22.9 Å². The maximum Gasteiger partial charge on any atom is 0.191 e. The van der Waals surface area contributed by atoms with Crippen LogP contribution in [-0.4, -0.2) is 79.8 Å². The molecular weight excluding hydrogens is 408 g/mol. The number of ether oxygens (including phenoxy) is 1. The Morgan fingerprint density at radius 1 is 1.17 bits per heavy atom. The highest BCUT2D eigenvalue weighted by molar-refractivity contribution is 7.13. The van der Waals surface area contributed by atoms with Gasteiger partial charge in [-0.05, 0) is 11.6 Å². The highest BCUT2D eigenvalue weighted by Gasteiger charge is 2.25. The molecule has 0 bridgehead atoms. The van der Waals surface area contributed by atoms with E-state index in [4.69, 9.17) is 27.1 Å². The number of morpholine rings is 1. The van der Waals surface area contributed by atoms with E-state index < -0.39 is 0 Å². The van der Waals surface area contributed by atoms with Crippen LogP contribution in [0.2, 0.25) is 5.02 Å². The Morgan fingerprint density at radius 2 is 1.93 bits per heavy atom. The average molecular weight is 435 g/mol. The number of rotatable bonds is 5. The Hall–Kier alpha value is -1.87. The van der Waals surface area contributed by atoms with Gasteiger partial charge in [0.05, 0.1) is 25.8 Å². The molecule has 2 saturated heterocycles. The van der Waals surface area contributed by atoms with Gasteiger partial charge >= 0.3 is 0 Å². The molecule has 0 aliphatic carbocycles. The second-order valence-corrected chi connectivity index (χ2v) is 8.45. The van der Waals surface area contributed by atoms with E-state index in [1.54, 1.807) is 11.3 Å². The third-order valence-corrected chi connectivity index (χ3v) is 6.65. The minimum atomic E-state index is 0.0998. The average Bonchev–Trinajstić information content (AvgIpc) is 3.31. The summed E-state index contributed by atoms with van der Waals surface area (Å²) in [6.45, 7) is 7.31. The van der Waals surface area contributed by atoms with Crippen LogP contribution in [0.4, 0.5) is 5.13 Å².